The van der Waals surface area contributed by atoms with E-state index in [1.807, 2.05) is 24.3 Å². The second-order valence-electron chi connectivity index (χ2n) is 6.03. The highest BCUT2D eigenvalue weighted by Crippen LogP contribution is 2.42. The smallest absolute Gasteiger partial charge is 0.119 e. The van der Waals surface area contributed by atoms with E-state index in [0.717, 1.165) is 16.7 Å². The molecular weight excluding hydrogens is 294 g/mol. The molecule has 2 aromatic rings. The molecule has 1 N–H and O–H groups in total. The highest BCUT2D eigenvalue weighted by molar-refractivity contribution is 6.30. The van der Waals surface area contributed by atoms with Crippen molar-refractivity contribution in [2.75, 3.05) is 7.11 Å². The van der Waals surface area contributed by atoms with Gasteiger partial charge in [-0.3, -0.25) is 0 Å². The van der Waals surface area contributed by atoms with Gasteiger partial charge in [0.15, 0.2) is 0 Å². The summed E-state index contributed by atoms with van der Waals surface area (Å²) in [6.45, 7) is 2.21. The van der Waals surface area contributed by atoms with Gasteiger partial charge in [0.1, 0.15) is 5.75 Å². The molecule has 0 bridgehead atoms. The molecule has 2 aromatic carbocycles. The average molecular weight is 316 g/mol. The van der Waals surface area contributed by atoms with E-state index in [0.29, 0.717) is 6.04 Å². The van der Waals surface area contributed by atoms with Crippen LogP contribution in [-0.2, 0) is 0 Å². The summed E-state index contributed by atoms with van der Waals surface area (Å²) in [6, 6.07) is 17.2. The van der Waals surface area contributed by atoms with Crippen LogP contribution < -0.4 is 10.1 Å². The van der Waals surface area contributed by atoms with E-state index in [1.165, 1.54) is 24.0 Å². The molecular formula is C19H22ClNO. The fraction of sp³-hybridized carbons (Fsp3) is 0.368. The third-order valence-electron chi connectivity index (χ3n) is 4.35. The van der Waals surface area contributed by atoms with Crippen molar-refractivity contribution in [2.45, 2.75) is 31.8 Å². The molecule has 116 valence electrons. The molecule has 3 rings (SSSR count). The van der Waals surface area contributed by atoms with Crippen molar-refractivity contribution in [1.82, 2.24) is 5.32 Å². The lowest BCUT2D eigenvalue weighted by Crippen LogP contribution is -2.26. The van der Waals surface area contributed by atoms with Crippen molar-refractivity contribution in [2.24, 2.45) is 5.92 Å². The Labute approximate surface area is 137 Å². The van der Waals surface area contributed by atoms with Crippen molar-refractivity contribution in [3.63, 3.8) is 0 Å². The lowest BCUT2D eigenvalue weighted by Gasteiger charge is -2.24. The van der Waals surface area contributed by atoms with Crippen molar-refractivity contribution >= 4 is 11.6 Å². The Morgan fingerprint density at radius 1 is 1.09 bits per heavy atom. The number of methoxy groups -OCH3 is 1. The van der Waals surface area contributed by atoms with Gasteiger partial charge in [0.2, 0.25) is 0 Å². The minimum atomic E-state index is 0.274. The topological polar surface area (TPSA) is 21.3 Å². The SMILES string of the molecule is COc1cccc(C(C)NC(c2ccc(Cl)cc2)C2CC2)c1. The normalized spacial score (nSPS) is 17.0. The molecule has 0 amide bonds. The molecule has 1 saturated carbocycles. The van der Waals surface area contributed by atoms with Crippen LogP contribution in [0, 0.1) is 5.92 Å². The van der Waals surface area contributed by atoms with Gasteiger partial charge in [-0.1, -0.05) is 35.9 Å². The monoisotopic (exact) mass is 315 g/mol. The van der Waals surface area contributed by atoms with Gasteiger partial charge >= 0.3 is 0 Å². The Morgan fingerprint density at radius 3 is 2.45 bits per heavy atom. The lowest BCUT2D eigenvalue weighted by atomic mass is 9.99. The Morgan fingerprint density at radius 2 is 1.82 bits per heavy atom. The zero-order valence-electron chi connectivity index (χ0n) is 13.1. The molecule has 1 aliphatic rings. The summed E-state index contributed by atoms with van der Waals surface area (Å²) in [7, 11) is 1.71. The van der Waals surface area contributed by atoms with Crippen LogP contribution in [0.4, 0.5) is 0 Å². The van der Waals surface area contributed by atoms with E-state index < -0.39 is 0 Å². The molecule has 3 heteroatoms. The fourth-order valence-electron chi connectivity index (χ4n) is 2.88. The maximum absolute atomic E-state index is 6.01. The number of halogens is 1. The molecule has 1 aliphatic carbocycles. The summed E-state index contributed by atoms with van der Waals surface area (Å²) in [4.78, 5) is 0. The second kappa shape index (κ2) is 6.72. The minimum Gasteiger partial charge on any atom is -0.497 e. The Bertz CT molecular complexity index is 622. The molecule has 1 fully saturated rings. The maximum atomic E-state index is 6.01. The zero-order valence-corrected chi connectivity index (χ0v) is 13.8. The summed E-state index contributed by atoms with van der Waals surface area (Å²) < 4.78 is 5.33. The number of hydrogen-bond acceptors (Lipinski definition) is 2. The minimum absolute atomic E-state index is 0.274. The molecule has 2 unspecified atom stereocenters. The number of hydrogen-bond donors (Lipinski definition) is 1. The first-order chi connectivity index (χ1) is 10.7. The number of ether oxygens (including phenoxy) is 1. The molecule has 0 saturated heterocycles. The summed E-state index contributed by atoms with van der Waals surface area (Å²) in [6.07, 6.45) is 2.59. The van der Waals surface area contributed by atoms with Crippen molar-refractivity contribution < 1.29 is 4.74 Å². The van der Waals surface area contributed by atoms with Gasteiger partial charge in [-0.2, -0.15) is 0 Å². The van der Waals surface area contributed by atoms with Crippen LogP contribution in [0.2, 0.25) is 5.02 Å². The van der Waals surface area contributed by atoms with Crippen LogP contribution in [0.1, 0.15) is 43.0 Å². The van der Waals surface area contributed by atoms with Crippen molar-refractivity contribution in [1.29, 1.82) is 0 Å². The first-order valence-corrected chi connectivity index (χ1v) is 8.20. The molecule has 2 nitrogen and oxygen atoms in total. The van der Waals surface area contributed by atoms with Crippen LogP contribution in [0.3, 0.4) is 0 Å². The van der Waals surface area contributed by atoms with Crippen molar-refractivity contribution in [3.8, 4) is 5.75 Å². The highest BCUT2D eigenvalue weighted by atomic mass is 35.5. The predicted molar refractivity (Wildman–Crippen MR) is 91.5 cm³/mol. The largest absolute Gasteiger partial charge is 0.497 e. The van der Waals surface area contributed by atoms with E-state index in [9.17, 15) is 0 Å². The van der Waals surface area contributed by atoms with Gasteiger partial charge in [-0.25, -0.2) is 0 Å². The summed E-state index contributed by atoms with van der Waals surface area (Å²) in [5, 5.41) is 4.57. The molecule has 0 radical (unpaired) electrons. The molecule has 0 spiro atoms. The van der Waals surface area contributed by atoms with Gasteiger partial charge in [0.25, 0.3) is 0 Å². The summed E-state index contributed by atoms with van der Waals surface area (Å²) in [5.41, 5.74) is 2.57. The van der Waals surface area contributed by atoms with Crippen LogP contribution in [0.5, 0.6) is 5.75 Å². The molecule has 0 aliphatic heterocycles. The standard InChI is InChI=1S/C19H22ClNO/c1-13(16-4-3-5-18(12-16)22-2)21-19(14-6-7-14)15-8-10-17(20)11-9-15/h3-5,8-14,19,21H,6-7H2,1-2H3. The number of nitrogens with one attached hydrogen (secondary N) is 1. The van der Waals surface area contributed by atoms with Crippen LogP contribution >= 0.6 is 11.6 Å². The van der Waals surface area contributed by atoms with Crippen LogP contribution in [-0.4, -0.2) is 7.11 Å². The zero-order chi connectivity index (χ0) is 15.5. The first kappa shape index (κ1) is 15.4. The number of benzene rings is 2. The van der Waals surface area contributed by atoms with E-state index in [2.05, 4.69) is 36.5 Å². The second-order valence-corrected chi connectivity index (χ2v) is 6.47. The van der Waals surface area contributed by atoms with Gasteiger partial charge in [-0.05, 0) is 61.1 Å². The quantitative estimate of drug-likeness (QED) is 0.796. The Kier molecular flexibility index (Phi) is 4.70. The van der Waals surface area contributed by atoms with Gasteiger partial charge < -0.3 is 10.1 Å². The lowest BCUT2D eigenvalue weighted by molar-refractivity contribution is 0.408. The van der Waals surface area contributed by atoms with Gasteiger partial charge in [0, 0.05) is 17.1 Å². The summed E-state index contributed by atoms with van der Waals surface area (Å²) >= 11 is 6.01. The molecule has 2 atom stereocenters. The van der Waals surface area contributed by atoms with Crippen LogP contribution in [0.25, 0.3) is 0 Å². The van der Waals surface area contributed by atoms with Gasteiger partial charge in [-0.15, -0.1) is 0 Å². The van der Waals surface area contributed by atoms with Gasteiger partial charge in [0.05, 0.1) is 7.11 Å². The fourth-order valence-corrected chi connectivity index (χ4v) is 3.01. The number of rotatable bonds is 6. The van der Waals surface area contributed by atoms with E-state index >= 15 is 0 Å². The Balaban J connectivity index is 1.77. The third-order valence-corrected chi connectivity index (χ3v) is 4.60. The predicted octanol–water partition coefficient (Wildman–Crippen LogP) is 5.15. The summed E-state index contributed by atoms with van der Waals surface area (Å²) in [5.74, 6) is 1.63. The molecule has 22 heavy (non-hydrogen) atoms. The van der Waals surface area contributed by atoms with Crippen LogP contribution in [0.15, 0.2) is 48.5 Å². The molecule has 0 aromatic heterocycles. The first-order valence-electron chi connectivity index (χ1n) is 7.83. The van der Waals surface area contributed by atoms with E-state index in [1.54, 1.807) is 7.11 Å². The molecule has 0 heterocycles. The highest BCUT2D eigenvalue weighted by Gasteiger charge is 2.33. The van der Waals surface area contributed by atoms with Crippen molar-refractivity contribution in [3.05, 3.63) is 64.7 Å². The third kappa shape index (κ3) is 3.63. The maximum Gasteiger partial charge on any atom is 0.119 e. The van der Waals surface area contributed by atoms with E-state index in [4.69, 9.17) is 16.3 Å². The average Bonchev–Trinajstić information content (AvgIpc) is 3.38. The van der Waals surface area contributed by atoms with E-state index in [-0.39, 0.29) is 6.04 Å². The Hall–Kier alpha value is -1.51.